The minimum atomic E-state index is -0.199. The van der Waals surface area contributed by atoms with Gasteiger partial charge >= 0.3 is 0 Å². The standard InChI is InChI=1S/C25H21N3O3S/c29-24(17-32-25-27-26-23(31-25)15-18-9-3-1-4-10-18)28-20-13-7-8-14-22(20)30-16-21(28)19-11-5-2-6-12-19/h1-14,21H,15-17H2/t21-/m1/s1. The van der Waals surface area contributed by atoms with Crippen LogP contribution in [0.3, 0.4) is 0 Å². The van der Waals surface area contributed by atoms with Crippen LogP contribution in [-0.2, 0) is 11.2 Å². The molecule has 3 aromatic carbocycles. The number of nitrogens with zero attached hydrogens (tertiary/aromatic N) is 3. The number of carbonyl (C=O) groups excluding carboxylic acids is 1. The van der Waals surface area contributed by atoms with Crippen LogP contribution in [0, 0.1) is 0 Å². The van der Waals surface area contributed by atoms with E-state index in [4.69, 9.17) is 9.15 Å². The zero-order valence-corrected chi connectivity index (χ0v) is 18.1. The number of rotatable bonds is 6. The molecule has 1 aliphatic heterocycles. The summed E-state index contributed by atoms with van der Waals surface area (Å²) < 4.78 is 11.7. The fourth-order valence-corrected chi connectivity index (χ4v) is 4.39. The molecule has 32 heavy (non-hydrogen) atoms. The Morgan fingerprint density at radius 2 is 1.66 bits per heavy atom. The molecule has 1 amide bonds. The summed E-state index contributed by atoms with van der Waals surface area (Å²) in [6.07, 6.45) is 0.565. The Labute approximate surface area is 190 Å². The van der Waals surface area contributed by atoms with Gasteiger partial charge in [-0.15, -0.1) is 10.2 Å². The predicted octanol–water partition coefficient (Wildman–Crippen LogP) is 4.92. The van der Waals surface area contributed by atoms with Crippen LogP contribution in [0.4, 0.5) is 5.69 Å². The summed E-state index contributed by atoms with van der Waals surface area (Å²) in [6, 6.07) is 27.3. The van der Waals surface area contributed by atoms with Gasteiger partial charge in [-0.2, -0.15) is 0 Å². The minimum absolute atomic E-state index is 0.0394. The summed E-state index contributed by atoms with van der Waals surface area (Å²) >= 11 is 1.25. The van der Waals surface area contributed by atoms with Crippen LogP contribution in [0.15, 0.2) is 94.6 Å². The van der Waals surface area contributed by atoms with E-state index >= 15 is 0 Å². The zero-order valence-electron chi connectivity index (χ0n) is 17.3. The summed E-state index contributed by atoms with van der Waals surface area (Å²) in [5.74, 6) is 1.39. The number of fused-ring (bicyclic) bond motifs is 1. The van der Waals surface area contributed by atoms with Crippen molar-refractivity contribution in [2.45, 2.75) is 17.7 Å². The van der Waals surface area contributed by atoms with Gasteiger partial charge in [0.2, 0.25) is 11.8 Å². The number of amides is 1. The molecule has 160 valence electrons. The number of para-hydroxylation sites is 2. The Bertz CT molecular complexity index is 1200. The Balaban J connectivity index is 1.32. The molecule has 0 bridgehead atoms. The van der Waals surface area contributed by atoms with Gasteiger partial charge in [0.1, 0.15) is 12.4 Å². The van der Waals surface area contributed by atoms with E-state index in [1.807, 2.05) is 89.8 Å². The van der Waals surface area contributed by atoms with Crippen LogP contribution >= 0.6 is 11.8 Å². The molecular weight excluding hydrogens is 422 g/mol. The summed E-state index contributed by atoms with van der Waals surface area (Å²) in [5.41, 5.74) is 2.90. The van der Waals surface area contributed by atoms with Crippen molar-refractivity contribution in [1.29, 1.82) is 0 Å². The van der Waals surface area contributed by atoms with Crippen LogP contribution in [0.25, 0.3) is 0 Å². The second-order valence-corrected chi connectivity index (χ2v) is 8.31. The highest BCUT2D eigenvalue weighted by molar-refractivity contribution is 7.99. The quantitative estimate of drug-likeness (QED) is 0.394. The number of carbonyl (C=O) groups is 1. The first-order valence-corrected chi connectivity index (χ1v) is 11.3. The van der Waals surface area contributed by atoms with Crippen molar-refractivity contribution in [3.05, 3.63) is 102 Å². The molecule has 4 aromatic rings. The van der Waals surface area contributed by atoms with Crippen LogP contribution in [0.1, 0.15) is 23.1 Å². The number of hydrogen-bond acceptors (Lipinski definition) is 6. The molecule has 1 aliphatic rings. The first-order chi connectivity index (χ1) is 15.8. The summed E-state index contributed by atoms with van der Waals surface area (Å²) in [6.45, 7) is 0.402. The maximum atomic E-state index is 13.4. The van der Waals surface area contributed by atoms with Gasteiger partial charge in [0.15, 0.2) is 0 Å². The number of ether oxygens (including phenoxy) is 1. The van der Waals surface area contributed by atoms with Gasteiger partial charge in [0.25, 0.3) is 5.22 Å². The van der Waals surface area contributed by atoms with Gasteiger partial charge in [-0.05, 0) is 23.3 Å². The lowest BCUT2D eigenvalue weighted by Gasteiger charge is -2.37. The fourth-order valence-electron chi connectivity index (χ4n) is 3.75. The van der Waals surface area contributed by atoms with Gasteiger partial charge in [-0.3, -0.25) is 9.69 Å². The number of anilines is 1. The van der Waals surface area contributed by atoms with Gasteiger partial charge in [-0.1, -0.05) is 84.6 Å². The molecule has 0 spiro atoms. The molecule has 0 N–H and O–H groups in total. The molecule has 1 atom stereocenters. The van der Waals surface area contributed by atoms with Crippen LogP contribution < -0.4 is 9.64 Å². The highest BCUT2D eigenvalue weighted by Crippen LogP contribution is 2.39. The molecule has 7 heteroatoms. The lowest BCUT2D eigenvalue weighted by Crippen LogP contribution is -2.42. The summed E-state index contributed by atoms with van der Waals surface area (Å²) in [5, 5.41) is 8.61. The van der Waals surface area contributed by atoms with Crippen molar-refractivity contribution in [1.82, 2.24) is 10.2 Å². The van der Waals surface area contributed by atoms with E-state index in [0.29, 0.717) is 29.9 Å². The molecule has 2 heterocycles. The second kappa shape index (κ2) is 9.28. The highest BCUT2D eigenvalue weighted by atomic mass is 32.2. The lowest BCUT2D eigenvalue weighted by atomic mass is 10.0. The largest absolute Gasteiger partial charge is 0.489 e. The zero-order chi connectivity index (χ0) is 21.8. The topological polar surface area (TPSA) is 68.5 Å². The Morgan fingerprint density at radius 3 is 2.47 bits per heavy atom. The van der Waals surface area contributed by atoms with Crippen molar-refractivity contribution in [3.8, 4) is 5.75 Å². The third-order valence-electron chi connectivity index (χ3n) is 5.25. The Morgan fingerprint density at radius 1 is 0.938 bits per heavy atom. The van der Waals surface area contributed by atoms with Crippen molar-refractivity contribution in [2.75, 3.05) is 17.3 Å². The maximum Gasteiger partial charge on any atom is 0.277 e. The van der Waals surface area contributed by atoms with Gasteiger partial charge in [-0.25, -0.2) is 0 Å². The number of aromatic nitrogens is 2. The van der Waals surface area contributed by atoms with E-state index in [1.165, 1.54) is 11.8 Å². The summed E-state index contributed by atoms with van der Waals surface area (Å²) in [4.78, 5) is 15.2. The van der Waals surface area contributed by atoms with E-state index in [2.05, 4.69) is 10.2 Å². The molecule has 0 aliphatic carbocycles. The van der Waals surface area contributed by atoms with Crippen LogP contribution in [0.2, 0.25) is 0 Å². The van der Waals surface area contributed by atoms with Crippen LogP contribution in [0.5, 0.6) is 5.75 Å². The van der Waals surface area contributed by atoms with Crippen molar-refractivity contribution >= 4 is 23.4 Å². The van der Waals surface area contributed by atoms with Gasteiger partial charge < -0.3 is 9.15 Å². The third-order valence-corrected chi connectivity index (χ3v) is 6.06. The predicted molar refractivity (Wildman–Crippen MR) is 123 cm³/mol. The molecular formula is C25H21N3O3S. The SMILES string of the molecule is O=C(CSc1nnc(Cc2ccccc2)o1)N1c2ccccc2OC[C@@H]1c1ccccc1. The normalized spacial score (nSPS) is 15.1. The van der Waals surface area contributed by atoms with E-state index in [1.54, 1.807) is 0 Å². The first-order valence-electron chi connectivity index (χ1n) is 10.4. The van der Waals surface area contributed by atoms with E-state index in [0.717, 1.165) is 16.8 Å². The van der Waals surface area contributed by atoms with E-state index < -0.39 is 0 Å². The van der Waals surface area contributed by atoms with Crippen LogP contribution in [-0.4, -0.2) is 28.5 Å². The molecule has 0 fully saturated rings. The first kappa shape index (κ1) is 20.3. The Kier molecular flexibility index (Phi) is 5.89. The molecule has 1 aromatic heterocycles. The van der Waals surface area contributed by atoms with E-state index in [-0.39, 0.29) is 17.7 Å². The molecule has 5 rings (SSSR count). The van der Waals surface area contributed by atoms with Gasteiger partial charge in [0, 0.05) is 0 Å². The lowest BCUT2D eigenvalue weighted by molar-refractivity contribution is -0.117. The molecule has 6 nitrogen and oxygen atoms in total. The van der Waals surface area contributed by atoms with Crippen molar-refractivity contribution in [3.63, 3.8) is 0 Å². The number of thioether (sulfide) groups is 1. The molecule has 0 radical (unpaired) electrons. The maximum absolute atomic E-state index is 13.4. The number of hydrogen-bond donors (Lipinski definition) is 0. The third kappa shape index (κ3) is 4.38. The molecule has 0 unspecified atom stereocenters. The molecule has 0 saturated heterocycles. The minimum Gasteiger partial charge on any atom is -0.489 e. The highest BCUT2D eigenvalue weighted by Gasteiger charge is 2.33. The van der Waals surface area contributed by atoms with E-state index in [9.17, 15) is 4.79 Å². The van der Waals surface area contributed by atoms with Crippen molar-refractivity contribution in [2.24, 2.45) is 0 Å². The smallest absolute Gasteiger partial charge is 0.277 e. The summed E-state index contributed by atoms with van der Waals surface area (Å²) in [7, 11) is 0. The molecule has 0 saturated carbocycles. The van der Waals surface area contributed by atoms with Crippen molar-refractivity contribution < 1.29 is 13.9 Å². The monoisotopic (exact) mass is 443 g/mol. The Hall–Kier alpha value is -3.58. The number of benzene rings is 3. The average Bonchev–Trinajstić information content (AvgIpc) is 3.30. The fraction of sp³-hybridized carbons (Fsp3) is 0.160. The average molecular weight is 444 g/mol. The second-order valence-electron chi connectivity index (χ2n) is 7.38. The van der Waals surface area contributed by atoms with Gasteiger partial charge in [0.05, 0.1) is 23.9 Å².